The summed E-state index contributed by atoms with van der Waals surface area (Å²) in [5, 5.41) is 7.27. The molecule has 0 atom stereocenters. The van der Waals surface area contributed by atoms with Crippen LogP contribution >= 0.6 is 0 Å². The van der Waals surface area contributed by atoms with Gasteiger partial charge in [-0.25, -0.2) is 5.43 Å². The number of aromatic nitrogens is 1. The Labute approximate surface area is 203 Å². The Balaban J connectivity index is 1.43. The first-order valence-electron chi connectivity index (χ1n) is 11.4. The number of hydrogen-bond acceptors (Lipinski definition) is 7. The van der Waals surface area contributed by atoms with Crippen molar-refractivity contribution in [2.45, 2.75) is 32.6 Å². The van der Waals surface area contributed by atoms with Gasteiger partial charge in [0.15, 0.2) is 17.3 Å². The summed E-state index contributed by atoms with van der Waals surface area (Å²) in [5.41, 5.74) is 6.25. The van der Waals surface area contributed by atoms with Gasteiger partial charge in [-0.1, -0.05) is 6.07 Å². The van der Waals surface area contributed by atoms with Crippen molar-refractivity contribution in [1.29, 1.82) is 0 Å². The zero-order valence-corrected chi connectivity index (χ0v) is 20.0. The molecule has 4 rings (SSSR count). The summed E-state index contributed by atoms with van der Waals surface area (Å²) < 4.78 is 16.5. The second-order valence-corrected chi connectivity index (χ2v) is 8.14. The van der Waals surface area contributed by atoms with Gasteiger partial charge < -0.3 is 19.2 Å². The lowest BCUT2D eigenvalue weighted by atomic mass is 9.93. The first-order chi connectivity index (χ1) is 17.0. The number of ether oxygens (including phenoxy) is 2. The van der Waals surface area contributed by atoms with Crippen LogP contribution in [0.15, 0.2) is 52.2 Å². The molecule has 0 radical (unpaired) electrons. The Morgan fingerprint density at radius 3 is 2.69 bits per heavy atom. The molecule has 9 nitrogen and oxygen atoms in total. The molecule has 0 bridgehead atoms. The van der Waals surface area contributed by atoms with Crippen molar-refractivity contribution in [2.24, 2.45) is 5.10 Å². The van der Waals surface area contributed by atoms with E-state index in [1.165, 1.54) is 6.20 Å². The molecule has 0 spiro atoms. The number of hydrogen-bond donors (Lipinski definition) is 2. The number of rotatable bonds is 8. The summed E-state index contributed by atoms with van der Waals surface area (Å²) in [4.78, 5) is 29.2. The van der Waals surface area contributed by atoms with E-state index in [9.17, 15) is 9.59 Å². The van der Waals surface area contributed by atoms with Gasteiger partial charge >= 0.3 is 0 Å². The maximum Gasteiger partial charge on any atom is 0.287 e. The van der Waals surface area contributed by atoms with Crippen LogP contribution in [0.25, 0.3) is 0 Å². The molecule has 0 saturated heterocycles. The van der Waals surface area contributed by atoms with Gasteiger partial charge in [0.2, 0.25) is 0 Å². The van der Waals surface area contributed by atoms with Crippen molar-refractivity contribution in [3.63, 3.8) is 0 Å². The maximum atomic E-state index is 12.9. The third-order valence-corrected chi connectivity index (χ3v) is 5.90. The fraction of sp³-hybridized carbons (Fsp3) is 0.308. The average Bonchev–Trinajstić information content (AvgIpc) is 3.24. The molecule has 0 fully saturated rings. The number of methoxy groups -OCH3 is 2. The smallest absolute Gasteiger partial charge is 0.287 e. The number of hydrazone groups is 1. The summed E-state index contributed by atoms with van der Waals surface area (Å²) in [5.74, 6) is 1.67. The topological polar surface area (TPSA) is 115 Å². The summed E-state index contributed by atoms with van der Waals surface area (Å²) in [6.07, 6.45) is 5.92. The standard InChI is InChI=1S/C26H28N4O5/c1-16-23-19(29-30-25(31)18-6-5-12-27-15-18)7-4-8-21(23)35-24(16)26(32)28-13-11-17-9-10-20(33-2)22(14-17)34-3/h5-6,9-10,12,14-15H,4,7-8,11,13H2,1-3H3,(H,28,32)(H,30,31)/b29-19+. The highest BCUT2D eigenvalue weighted by molar-refractivity contribution is 6.07. The van der Waals surface area contributed by atoms with Crippen LogP contribution in [-0.2, 0) is 12.8 Å². The molecule has 0 aliphatic heterocycles. The first kappa shape index (κ1) is 24.0. The van der Waals surface area contributed by atoms with E-state index in [1.54, 1.807) is 32.5 Å². The van der Waals surface area contributed by atoms with Gasteiger partial charge in [-0.3, -0.25) is 14.6 Å². The molecule has 1 aromatic carbocycles. The number of aryl methyl sites for hydroxylation is 1. The molecule has 0 unspecified atom stereocenters. The van der Waals surface area contributed by atoms with Crippen molar-refractivity contribution in [1.82, 2.24) is 15.7 Å². The molecule has 0 saturated carbocycles. The monoisotopic (exact) mass is 476 g/mol. The summed E-state index contributed by atoms with van der Waals surface area (Å²) >= 11 is 0. The van der Waals surface area contributed by atoms with Crippen molar-refractivity contribution < 1.29 is 23.5 Å². The van der Waals surface area contributed by atoms with Gasteiger partial charge in [0, 0.05) is 36.5 Å². The number of fused-ring (bicyclic) bond motifs is 1. The SMILES string of the molecule is COc1ccc(CCNC(=O)c2oc3c(c2C)/C(=N/NC(=O)c2cccnc2)CCC3)cc1OC. The summed E-state index contributed by atoms with van der Waals surface area (Å²) in [6.45, 7) is 2.27. The molecule has 2 heterocycles. The largest absolute Gasteiger partial charge is 0.493 e. The number of pyridine rings is 1. The van der Waals surface area contributed by atoms with E-state index in [0.29, 0.717) is 54.3 Å². The van der Waals surface area contributed by atoms with Gasteiger partial charge in [-0.2, -0.15) is 5.10 Å². The number of amides is 2. The van der Waals surface area contributed by atoms with E-state index in [-0.39, 0.29) is 17.6 Å². The molecule has 35 heavy (non-hydrogen) atoms. The molecular weight excluding hydrogens is 448 g/mol. The van der Waals surface area contributed by atoms with Crippen LogP contribution in [0, 0.1) is 6.92 Å². The second-order valence-electron chi connectivity index (χ2n) is 8.14. The molecule has 1 aliphatic carbocycles. The summed E-state index contributed by atoms with van der Waals surface area (Å²) in [6, 6.07) is 9.03. The second kappa shape index (κ2) is 10.9. The highest BCUT2D eigenvalue weighted by Crippen LogP contribution is 2.30. The molecule has 9 heteroatoms. The Morgan fingerprint density at radius 1 is 1.11 bits per heavy atom. The quantitative estimate of drug-likeness (QED) is 0.481. The Kier molecular flexibility index (Phi) is 7.45. The fourth-order valence-electron chi connectivity index (χ4n) is 4.11. The predicted molar refractivity (Wildman–Crippen MR) is 130 cm³/mol. The molecule has 2 amide bonds. The van der Waals surface area contributed by atoms with Crippen molar-refractivity contribution in [3.05, 3.63) is 76.5 Å². The van der Waals surface area contributed by atoms with Crippen LogP contribution < -0.4 is 20.2 Å². The van der Waals surface area contributed by atoms with Crippen LogP contribution in [0.3, 0.4) is 0 Å². The van der Waals surface area contributed by atoms with E-state index < -0.39 is 0 Å². The van der Waals surface area contributed by atoms with Crippen LogP contribution in [0.2, 0.25) is 0 Å². The van der Waals surface area contributed by atoms with E-state index in [2.05, 4.69) is 20.8 Å². The van der Waals surface area contributed by atoms with E-state index in [0.717, 1.165) is 23.1 Å². The highest BCUT2D eigenvalue weighted by Gasteiger charge is 2.28. The third kappa shape index (κ3) is 5.34. The van der Waals surface area contributed by atoms with Gasteiger partial charge in [0.25, 0.3) is 11.8 Å². The third-order valence-electron chi connectivity index (χ3n) is 5.90. The van der Waals surface area contributed by atoms with Gasteiger partial charge in [-0.15, -0.1) is 0 Å². The zero-order chi connectivity index (χ0) is 24.8. The minimum atomic E-state index is -0.341. The molecule has 182 valence electrons. The van der Waals surface area contributed by atoms with E-state index in [1.807, 2.05) is 25.1 Å². The van der Waals surface area contributed by atoms with Crippen LogP contribution in [-0.4, -0.2) is 43.3 Å². The van der Waals surface area contributed by atoms with Crippen LogP contribution in [0.1, 0.15) is 56.2 Å². The number of nitrogens with zero attached hydrogens (tertiary/aromatic N) is 2. The zero-order valence-electron chi connectivity index (χ0n) is 20.0. The number of carbonyl (C=O) groups is 2. The molecule has 1 aliphatic rings. The number of carbonyl (C=O) groups excluding carboxylic acids is 2. The molecular formula is C26H28N4O5. The van der Waals surface area contributed by atoms with Gasteiger partial charge in [-0.05, 0) is 56.0 Å². The Morgan fingerprint density at radius 2 is 1.94 bits per heavy atom. The number of nitrogens with one attached hydrogen (secondary N) is 2. The van der Waals surface area contributed by atoms with Crippen molar-refractivity contribution in [2.75, 3.05) is 20.8 Å². The first-order valence-corrected chi connectivity index (χ1v) is 11.4. The van der Waals surface area contributed by atoms with Gasteiger partial charge in [0.1, 0.15) is 5.76 Å². The highest BCUT2D eigenvalue weighted by atomic mass is 16.5. The maximum absolute atomic E-state index is 12.9. The minimum Gasteiger partial charge on any atom is -0.493 e. The minimum absolute atomic E-state index is 0.274. The number of benzene rings is 1. The van der Waals surface area contributed by atoms with E-state index >= 15 is 0 Å². The normalized spacial score (nSPS) is 13.7. The summed E-state index contributed by atoms with van der Waals surface area (Å²) in [7, 11) is 3.18. The average molecular weight is 477 g/mol. The van der Waals surface area contributed by atoms with Crippen molar-refractivity contribution in [3.8, 4) is 11.5 Å². The Hall–Kier alpha value is -4.14. The molecule has 2 aromatic heterocycles. The van der Waals surface area contributed by atoms with E-state index in [4.69, 9.17) is 13.9 Å². The van der Waals surface area contributed by atoms with Crippen molar-refractivity contribution >= 4 is 17.5 Å². The lowest BCUT2D eigenvalue weighted by Crippen LogP contribution is -2.26. The fourth-order valence-corrected chi connectivity index (χ4v) is 4.11. The lowest BCUT2D eigenvalue weighted by Gasteiger charge is -2.13. The van der Waals surface area contributed by atoms with Gasteiger partial charge in [0.05, 0.1) is 25.5 Å². The lowest BCUT2D eigenvalue weighted by molar-refractivity contribution is 0.0922. The predicted octanol–water partition coefficient (Wildman–Crippen LogP) is 3.44. The molecule has 3 aromatic rings. The number of furan rings is 1. The van der Waals surface area contributed by atoms with Crippen LogP contribution in [0.5, 0.6) is 11.5 Å². The Bertz CT molecular complexity index is 1250. The molecule has 2 N–H and O–H groups in total. The van der Waals surface area contributed by atoms with Crippen LogP contribution in [0.4, 0.5) is 0 Å².